The summed E-state index contributed by atoms with van der Waals surface area (Å²) in [6, 6.07) is 10.3. The number of fused-ring (bicyclic) bond motifs is 1. The van der Waals surface area contributed by atoms with Gasteiger partial charge in [0, 0.05) is 12.7 Å². The van der Waals surface area contributed by atoms with Crippen LogP contribution in [-0.2, 0) is 6.54 Å². The Kier molecular flexibility index (Phi) is 3.21. The molecule has 0 unspecified atom stereocenters. The van der Waals surface area contributed by atoms with Gasteiger partial charge in [0.05, 0.1) is 10.2 Å². The SMILES string of the molecule is Cc1nc2ncc(Br)c(NCc3ccccc3)c2[nH]1. The second kappa shape index (κ2) is 5.01. The number of anilines is 1. The molecule has 3 rings (SSSR count). The van der Waals surface area contributed by atoms with Gasteiger partial charge in [0.1, 0.15) is 11.3 Å². The molecule has 96 valence electrons. The maximum absolute atomic E-state index is 4.34. The van der Waals surface area contributed by atoms with E-state index in [4.69, 9.17) is 0 Å². The zero-order valence-electron chi connectivity index (χ0n) is 10.4. The lowest BCUT2D eigenvalue weighted by Crippen LogP contribution is -2.01. The van der Waals surface area contributed by atoms with Crippen LogP contribution in [0.4, 0.5) is 5.69 Å². The fourth-order valence-electron chi connectivity index (χ4n) is 2.01. The van der Waals surface area contributed by atoms with Crippen molar-refractivity contribution in [2.45, 2.75) is 13.5 Å². The summed E-state index contributed by atoms with van der Waals surface area (Å²) < 4.78 is 0.930. The highest BCUT2D eigenvalue weighted by molar-refractivity contribution is 9.10. The number of H-pyrrole nitrogens is 1. The fourth-order valence-corrected chi connectivity index (χ4v) is 2.45. The van der Waals surface area contributed by atoms with Crippen molar-refractivity contribution < 1.29 is 0 Å². The van der Waals surface area contributed by atoms with Crippen molar-refractivity contribution >= 4 is 32.8 Å². The highest BCUT2D eigenvalue weighted by Crippen LogP contribution is 2.28. The summed E-state index contributed by atoms with van der Waals surface area (Å²) in [5.74, 6) is 0.864. The molecular formula is C14H13BrN4. The number of aromatic amines is 1. The van der Waals surface area contributed by atoms with Gasteiger partial charge in [-0.15, -0.1) is 0 Å². The number of nitrogens with zero attached hydrogens (tertiary/aromatic N) is 2. The Hall–Kier alpha value is -1.88. The predicted octanol–water partition coefficient (Wildman–Crippen LogP) is 3.64. The lowest BCUT2D eigenvalue weighted by Gasteiger charge is -2.09. The van der Waals surface area contributed by atoms with Gasteiger partial charge in [-0.25, -0.2) is 9.97 Å². The Morgan fingerprint density at radius 3 is 2.84 bits per heavy atom. The molecular weight excluding hydrogens is 304 g/mol. The van der Waals surface area contributed by atoms with E-state index in [0.29, 0.717) is 0 Å². The highest BCUT2D eigenvalue weighted by Gasteiger charge is 2.10. The molecule has 0 radical (unpaired) electrons. The predicted molar refractivity (Wildman–Crippen MR) is 80.1 cm³/mol. The highest BCUT2D eigenvalue weighted by atomic mass is 79.9. The van der Waals surface area contributed by atoms with E-state index in [2.05, 4.69) is 48.3 Å². The molecule has 0 amide bonds. The third-order valence-corrected chi connectivity index (χ3v) is 3.51. The van der Waals surface area contributed by atoms with Crippen molar-refractivity contribution in [3.05, 3.63) is 52.4 Å². The first-order valence-corrected chi connectivity index (χ1v) is 6.82. The molecule has 0 spiro atoms. The lowest BCUT2D eigenvalue weighted by molar-refractivity contribution is 1.14. The second-order valence-electron chi connectivity index (χ2n) is 4.34. The van der Waals surface area contributed by atoms with Crippen LogP contribution in [0.1, 0.15) is 11.4 Å². The van der Waals surface area contributed by atoms with E-state index in [1.807, 2.05) is 25.1 Å². The summed E-state index contributed by atoms with van der Waals surface area (Å²) >= 11 is 3.53. The molecule has 0 saturated carbocycles. The standard InChI is InChI=1S/C14H13BrN4/c1-9-18-13-12(11(15)8-17-14(13)19-9)16-7-10-5-3-2-4-6-10/h2-6,8H,7H2,1H3,(H2,16,17,18,19). The Balaban J connectivity index is 1.93. The fraction of sp³-hybridized carbons (Fsp3) is 0.143. The van der Waals surface area contributed by atoms with Crippen LogP contribution in [0.15, 0.2) is 41.0 Å². The van der Waals surface area contributed by atoms with Crippen LogP contribution in [0, 0.1) is 6.92 Å². The molecule has 5 heteroatoms. The number of benzene rings is 1. The van der Waals surface area contributed by atoms with Gasteiger partial charge in [0.25, 0.3) is 0 Å². The average Bonchev–Trinajstić information content (AvgIpc) is 2.79. The van der Waals surface area contributed by atoms with Crippen molar-refractivity contribution in [1.29, 1.82) is 0 Å². The number of aromatic nitrogens is 3. The van der Waals surface area contributed by atoms with E-state index < -0.39 is 0 Å². The minimum absolute atomic E-state index is 0.733. The van der Waals surface area contributed by atoms with Gasteiger partial charge >= 0.3 is 0 Å². The maximum atomic E-state index is 4.34. The molecule has 0 atom stereocenters. The van der Waals surface area contributed by atoms with E-state index in [1.54, 1.807) is 6.20 Å². The van der Waals surface area contributed by atoms with Crippen LogP contribution in [0.25, 0.3) is 11.2 Å². The third kappa shape index (κ3) is 2.46. The third-order valence-electron chi connectivity index (χ3n) is 2.90. The first-order chi connectivity index (χ1) is 9.24. The maximum Gasteiger partial charge on any atom is 0.179 e. The Morgan fingerprint density at radius 2 is 2.05 bits per heavy atom. The molecule has 0 saturated heterocycles. The summed E-state index contributed by atoms with van der Waals surface area (Å²) in [5.41, 5.74) is 3.89. The van der Waals surface area contributed by atoms with E-state index in [9.17, 15) is 0 Å². The number of hydrogen-bond acceptors (Lipinski definition) is 3. The lowest BCUT2D eigenvalue weighted by atomic mass is 10.2. The number of rotatable bonds is 3. The molecule has 0 aliphatic carbocycles. The van der Waals surface area contributed by atoms with Crippen molar-refractivity contribution in [2.75, 3.05) is 5.32 Å². The number of pyridine rings is 1. The van der Waals surface area contributed by atoms with E-state index >= 15 is 0 Å². The molecule has 0 fully saturated rings. The van der Waals surface area contributed by atoms with Gasteiger partial charge in [0.15, 0.2) is 5.65 Å². The number of hydrogen-bond donors (Lipinski definition) is 2. The second-order valence-corrected chi connectivity index (χ2v) is 5.20. The van der Waals surface area contributed by atoms with Crippen LogP contribution in [0.5, 0.6) is 0 Å². The zero-order chi connectivity index (χ0) is 13.2. The van der Waals surface area contributed by atoms with E-state index in [1.165, 1.54) is 5.56 Å². The molecule has 0 bridgehead atoms. The van der Waals surface area contributed by atoms with Crippen LogP contribution in [0.2, 0.25) is 0 Å². The van der Waals surface area contributed by atoms with Crippen molar-refractivity contribution in [1.82, 2.24) is 15.0 Å². The van der Waals surface area contributed by atoms with Crippen molar-refractivity contribution in [3.63, 3.8) is 0 Å². The topological polar surface area (TPSA) is 53.6 Å². The molecule has 1 aromatic carbocycles. The number of nitrogens with one attached hydrogen (secondary N) is 2. The first kappa shape index (κ1) is 12.2. The van der Waals surface area contributed by atoms with Gasteiger partial charge in [-0.3, -0.25) is 0 Å². The molecule has 2 N–H and O–H groups in total. The van der Waals surface area contributed by atoms with Gasteiger partial charge in [-0.05, 0) is 28.4 Å². The van der Waals surface area contributed by atoms with Gasteiger partial charge < -0.3 is 10.3 Å². The average molecular weight is 317 g/mol. The molecule has 2 heterocycles. The van der Waals surface area contributed by atoms with Crippen molar-refractivity contribution in [3.8, 4) is 0 Å². The smallest absolute Gasteiger partial charge is 0.179 e. The summed E-state index contributed by atoms with van der Waals surface area (Å²) in [7, 11) is 0. The first-order valence-electron chi connectivity index (χ1n) is 6.02. The van der Waals surface area contributed by atoms with Crippen LogP contribution in [0.3, 0.4) is 0 Å². The monoisotopic (exact) mass is 316 g/mol. The Labute approximate surface area is 119 Å². The quantitative estimate of drug-likeness (QED) is 0.775. The van der Waals surface area contributed by atoms with E-state index in [0.717, 1.165) is 33.7 Å². The van der Waals surface area contributed by atoms with Crippen LogP contribution >= 0.6 is 15.9 Å². The number of halogens is 1. The minimum atomic E-state index is 0.733. The molecule has 2 aromatic heterocycles. The molecule has 4 nitrogen and oxygen atoms in total. The normalized spacial score (nSPS) is 10.8. The summed E-state index contributed by atoms with van der Waals surface area (Å²) in [6.07, 6.45) is 1.77. The summed E-state index contributed by atoms with van der Waals surface area (Å²) in [6.45, 7) is 2.69. The summed E-state index contributed by atoms with van der Waals surface area (Å²) in [5, 5.41) is 3.43. The molecule has 0 aliphatic heterocycles. The van der Waals surface area contributed by atoms with Crippen molar-refractivity contribution in [2.24, 2.45) is 0 Å². The molecule has 0 aliphatic rings. The zero-order valence-corrected chi connectivity index (χ0v) is 12.0. The number of aryl methyl sites for hydroxylation is 1. The van der Waals surface area contributed by atoms with E-state index in [-0.39, 0.29) is 0 Å². The summed E-state index contributed by atoms with van der Waals surface area (Å²) in [4.78, 5) is 11.9. The Bertz CT molecular complexity index is 706. The Morgan fingerprint density at radius 1 is 1.26 bits per heavy atom. The number of imidazole rings is 1. The van der Waals surface area contributed by atoms with Gasteiger partial charge in [-0.1, -0.05) is 30.3 Å². The van der Waals surface area contributed by atoms with Gasteiger partial charge in [-0.2, -0.15) is 0 Å². The largest absolute Gasteiger partial charge is 0.378 e. The van der Waals surface area contributed by atoms with Crippen LogP contribution in [-0.4, -0.2) is 15.0 Å². The molecule has 19 heavy (non-hydrogen) atoms. The van der Waals surface area contributed by atoms with Crippen LogP contribution < -0.4 is 5.32 Å². The van der Waals surface area contributed by atoms with Gasteiger partial charge in [0.2, 0.25) is 0 Å². The molecule has 3 aromatic rings. The minimum Gasteiger partial charge on any atom is -0.378 e.